The molecule has 2 rings (SSSR count). The maximum atomic E-state index is 12.0. The number of aryl methyl sites for hydroxylation is 1. The Balaban J connectivity index is 2.10. The number of hydrogen-bond acceptors (Lipinski definition) is 4. The van der Waals surface area contributed by atoms with Crippen LogP contribution in [-0.2, 0) is 6.42 Å². The molecule has 0 spiro atoms. The molecule has 0 unspecified atom stereocenters. The molecule has 0 aliphatic rings. The molecular weight excluding hydrogens is 426 g/mol. The van der Waals surface area contributed by atoms with Crippen LogP contribution in [0.25, 0.3) is 0 Å². The van der Waals surface area contributed by atoms with Gasteiger partial charge in [0.05, 0.1) is 17.8 Å². The van der Waals surface area contributed by atoms with Gasteiger partial charge in [0.1, 0.15) is 11.4 Å². The van der Waals surface area contributed by atoms with E-state index < -0.39 is 0 Å². The van der Waals surface area contributed by atoms with E-state index in [2.05, 4.69) is 47.4 Å². The minimum atomic E-state index is -0.364. The summed E-state index contributed by atoms with van der Waals surface area (Å²) in [7, 11) is 1.57. The minimum absolute atomic E-state index is 0.321. The van der Waals surface area contributed by atoms with Crippen molar-refractivity contribution in [3.63, 3.8) is 0 Å². The average Bonchev–Trinajstić information content (AvgIpc) is 2.54. The SMILES string of the molecule is CCc1ccc(C(=O)NN=Cc2cc(Br)cc(Br)c2OC)nc1. The van der Waals surface area contributed by atoms with Crippen LogP contribution in [0.5, 0.6) is 5.75 Å². The molecule has 0 radical (unpaired) electrons. The molecule has 0 aliphatic carbocycles. The Morgan fingerprint density at radius 1 is 1.39 bits per heavy atom. The summed E-state index contributed by atoms with van der Waals surface area (Å²) in [4.78, 5) is 16.1. The van der Waals surface area contributed by atoms with Crippen molar-refractivity contribution in [3.8, 4) is 5.75 Å². The molecule has 1 N–H and O–H groups in total. The number of amides is 1. The van der Waals surface area contributed by atoms with Gasteiger partial charge in [0.2, 0.25) is 0 Å². The summed E-state index contributed by atoms with van der Waals surface area (Å²) in [6.07, 6.45) is 4.09. The molecule has 1 amide bonds. The van der Waals surface area contributed by atoms with E-state index in [1.807, 2.05) is 25.1 Å². The molecule has 5 nitrogen and oxygen atoms in total. The van der Waals surface area contributed by atoms with Crippen LogP contribution < -0.4 is 10.2 Å². The van der Waals surface area contributed by atoms with Crippen molar-refractivity contribution in [2.24, 2.45) is 5.10 Å². The van der Waals surface area contributed by atoms with Gasteiger partial charge in [0.15, 0.2) is 0 Å². The van der Waals surface area contributed by atoms with Crippen molar-refractivity contribution >= 4 is 44.0 Å². The van der Waals surface area contributed by atoms with Gasteiger partial charge in [-0.1, -0.05) is 28.9 Å². The normalized spacial score (nSPS) is 10.8. The zero-order valence-electron chi connectivity index (χ0n) is 12.6. The van der Waals surface area contributed by atoms with Crippen molar-refractivity contribution in [3.05, 3.63) is 56.2 Å². The summed E-state index contributed by atoms with van der Waals surface area (Å²) in [6, 6.07) is 7.27. The lowest BCUT2D eigenvalue weighted by molar-refractivity contribution is 0.0950. The number of ether oxygens (including phenoxy) is 1. The van der Waals surface area contributed by atoms with Crippen LogP contribution in [0.2, 0.25) is 0 Å². The molecule has 0 saturated carbocycles. The third kappa shape index (κ3) is 4.62. The second kappa shape index (κ2) is 8.21. The van der Waals surface area contributed by atoms with Crippen molar-refractivity contribution < 1.29 is 9.53 Å². The monoisotopic (exact) mass is 439 g/mol. The second-order valence-corrected chi connectivity index (χ2v) is 6.38. The molecule has 0 saturated heterocycles. The molecule has 23 heavy (non-hydrogen) atoms. The van der Waals surface area contributed by atoms with E-state index in [1.54, 1.807) is 19.4 Å². The lowest BCUT2D eigenvalue weighted by Crippen LogP contribution is -2.19. The zero-order valence-corrected chi connectivity index (χ0v) is 15.8. The predicted octanol–water partition coefficient (Wildman–Crippen LogP) is 3.94. The predicted molar refractivity (Wildman–Crippen MR) is 97.1 cm³/mol. The van der Waals surface area contributed by atoms with E-state index in [-0.39, 0.29) is 5.91 Å². The number of carbonyl (C=O) groups excluding carboxylic acids is 1. The maximum Gasteiger partial charge on any atom is 0.289 e. The van der Waals surface area contributed by atoms with E-state index in [0.29, 0.717) is 11.4 Å². The molecule has 1 aromatic heterocycles. The Hall–Kier alpha value is -1.73. The summed E-state index contributed by atoms with van der Waals surface area (Å²) in [5.74, 6) is 0.272. The molecule has 120 valence electrons. The van der Waals surface area contributed by atoms with Crippen LogP contribution >= 0.6 is 31.9 Å². The van der Waals surface area contributed by atoms with Crippen molar-refractivity contribution in [2.75, 3.05) is 7.11 Å². The lowest BCUT2D eigenvalue weighted by atomic mass is 10.2. The number of benzene rings is 1. The number of aromatic nitrogens is 1. The largest absolute Gasteiger partial charge is 0.495 e. The number of methoxy groups -OCH3 is 1. The molecule has 0 bridgehead atoms. The molecule has 7 heteroatoms. The highest BCUT2D eigenvalue weighted by molar-refractivity contribution is 9.11. The Morgan fingerprint density at radius 2 is 2.17 bits per heavy atom. The number of nitrogens with one attached hydrogen (secondary N) is 1. The number of hydrogen-bond donors (Lipinski definition) is 1. The van der Waals surface area contributed by atoms with Gasteiger partial charge in [-0.25, -0.2) is 5.43 Å². The number of halogens is 2. The minimum Gasteiger partial charge on any atom is -0.495 e. The Morgan fingerprint density at radius 3 is 2.78 bits per heavy atom. The van der Waals surface area contributed by atoms with Crippen molar-refractivity contribution in [1.29, 1.82) is 0 Å². The van der Waals surface area contributed by atoms with Crippen LogP contribution in [-0.4, -0.2) is 24.2 Å². The van der Waals surface area contributed by atoms with E-state index in [4.69, 9.17) is 4.74 Å². The molecule has 0 fully saturated rings. The highest BCUT2D eigenvalue weighted by Crippen LogP contribution is 2.31. The van der Waals surface area contributed by atoms with Crippen LogP contribution in [0.1, 0.15) is 28.5 Å². The standard InChI is InChI=1S/C16H15Br2N3O2/c1-3-10-4-5-14(19-8-10)16(22)21-20-9-11-6-12(17)7-13(18)15(11)23-2/h4-9H,3H2,1-2H3,(H,21,22). The van der Waals surface area contributed by atoms with Crippen LogP contribution in [0.15, 0.2) is 44.5 Å². The molecule has 0 aliphatic heterocycles. The third-order valence-electron chi connectivity index (χ3n) is 3.08. The molecular formula is C16H15Br2N3O2. The Labute approximate surface area is 151 Å². The number of pyridine rings is 1. The van der Waals surface area contributed by atoms with Gasteiger partial charge in [-0.15, -0.1) is 0 Å². The summed E-state index contributed by atoms with van der Waals surface area (Å²) in [5, 5.41) is 3.97. The molecule has 1 aromatic carbocycles. The van der Waals surface area contributed by atoms with Gasteiger partial charge in [-0.2, -0.15) is 5.10 Å². The van der Waals surface area contributed by atoms with Crippen LogP contribution in [0, 0.1) is 0 Å². The van der Waals surface area contributed by atoms with E-state index >= 15 is 0 Å². The highest BCUT2D eigenvalue weighted by atomic mass is 79.9. The lowest BCUT2D eigenvalue weighted by Gasteiger charge is -2.07. The van der Waals surface area contributed by atoms with Crippen LogP contribution in [0.3, 0.4) is 0 Å². The topological polar surface area (TPSA) is 63.6 Å². The summed E-state index contributed by atoms with van der Waals surface area (Å²) >= 11 is 6.82. The number of carbonyl (C=O) groups is 1. The fraction of sp³-hybridized carbons (Fsp3) is 0.188. The first kappa shape index (κ1) is 17.6. The molecule has 2 aromatic rings. The first-order valence-electron chi connectivity index (χ1n) is 6.86. The van der Waals surface area contributed by atoms with Crippen LogP contribution in [0.4, 0.5) is 0 Å². The second-order valence-electron chi connectivity index (χ2n) is 4.61. The Kier molecular flexibility index (Phi) is 6.29. The van der Waals surface area contributed by atoms with E-state index in [9.17, 15) is 4.79 Å². The number of hydrazone groups is 1. The van der Waals surface area contributed by atoms with Gasteiger partial charge in [-0.3, -0.25) is 9.78 Å². The molecule has 0 atom stereocenters. The summed E-state index contributed by atoms with van der Waals surface area (Å²) < 4.78 is 6.98. The average molecular weight is 441 g/mol. The highest BCUT2D eigenvalue weighted by Gasteiger charge is 2.08. The maximum absolute atomic E-state index is 12.0. The quantitative estimate of drug-likeness (QED) is 0.565. The first-order chi connectivity index (χ1) is 11.0. The van der Waals surface area contributed by atoms with Gasteiger partial charge in [-0.05, 0) is 46.1 Å². The van der Waals surface area contributed by atoms with Gasteiger partial charge in [0.25, 0.3) is 5.91 Å². The van der Waals surface area contributed by atoms with Gasteiger partial charge >= 0.3 is 0 Å². The van der Waals surface area contributed by atoms with Crippen molar-refractivity contribution in [2.45, 2.75) is 13.3 Å². The summed E-state index contributed by atoms with van der Waals surface area (Å²) in [5.41, 5.74) is 4.58. The van der Waals surface area contributed by atoms with E-state index in [0.717, 1.165) is 26.5 Å². The number of rotatable bonds is 5. The van der Waals surface area contributed by atoms with Crippen molar-refractivity contribution in [1.82, 2.24) is 10.4 Å². The van der Waals surface area contributed by atoms with Gasteiger partial charge < -0.3 is 4.74 Å². The fourth-order valence-corrected chi connectivity index (χ4v) is 3.30. The summed E-state index contributed by atoms with van der Waals surface area (Å²) in [6.45, 7) is 2.03. The third-order valence-corrected chi connectivity index (χ3v) is 4.12. The smallest absolute Gasteiger partial charge is 0.289 e. The zero-order chi connectivity index (χ0) is 16.8. The number of nitrogens with zero attached hydrogens (tertiary/aromatic N) is 2. The van der Waals surface area contributed by atoms with E-state index in [1.165, 1.54) is 6.21 Å². The molecule has 1 heterocycles. The first-order valence-corrected chi connectivity index (χ1v) is 8.45. The Bertz CT molecular complexity index is 731. The van der Waals surface area contributed by atoms with Gasteiger partial charge in [0, 0.05) is 16.2 Å². The fourth-order valence-electron chi connectivity index (χ4n) is 1.88.